The number of carboxylic acids is 2. The number of aromatic nitrogens is 1. The minimum absolute atomic E-state index is 0.140. The minimum atomic E-state index is -1.06. The summed E-state index contributed by atoms with van der Waals surface area (Å²) in [6.07, 6.45) is 1.86. The number of aliphatic hydroxyl groups is 2. The molecule has 5 N–H and O–H groups in total. The first-order valence-electron chi connectivity index (χ1n) is 19.5. The zero-order valence-electron chi connectivity index (χ0n) is 33.3. The fourth-order valence-corrected chi connectivity index (χ4v) is 8.41. The van der Waals surface area contributed by atoms with Crippen LogP contribution in [-0.2, 0) is 35.8 Å². The molecule has 6 rings (SSSR count). The van der Waals surface area contributed by atoms with E-state index < -0.39 is 24.1 Å². The zero-order chi connectivity index (χ0) is 42.8. The number of carboxylic acid groups (broad SMARTS) is 2. The molecule has 13 heteroatoms. The van der Waals surface area contributed by atoms with Gasteiger partial charge in [-0.15, -0.1) is 11.3 Å². The van der Waals surface area contributed by atoms with E-state index in [0.717, 1.165) is 59.5 Å². The van der Waals surface area contributed by atoms with Crippen molar-refractivity contribution >= 4 is 45.0 Å². The van der Waals surface area contributed by atoms with E-state index >= 15 is 0 Å². The van der Waals surface area contributed by atoms with E-state index in [1.54, 1.807) is 35.7 Å². The number of hydrogen-bond donors (Lipinski definition) is 5. The molecule has 0 bridgehead atoms. The summed E-state index contributed by atoms with van der Waals surface area (Å²) in [7, 11) is 0. The molecule has 0 amide bonds. The SMILES string of the molecule is Cc1c(COc2cc(OCc3cncc(C#N)c3)c(CCC[C@@H](O)CC(=O)O)cc2Cl)cccc1-c1cccc(-c2ccc3sc(CNC[C@@H](O)CC(=O)O)cc3c2)c1C. The number of thiophene rings is 1. The third-order valence-electron chi connectivity index (χ3n) is 10.2. The molecular weight excluding hydrogens is 802 g/mol. The molecule has 0 aliphatic heterocycles. The summed E-state index contributed by atoms with van der Waals surface area (Å²) in [6, 6.07) is 28.4. The van der Waals surface area contributed by atoms with Crippen molar-refractivity contribution in [2.75, 3.05) is 6.54 Å². The Labute approximate surface area is 357 Å². The molecule has 2 atom stereocenters. The Morgan fingerprint density at radius 2 is 1.55 bits per heavy atom. The van der Waals surface area contributed by atoms with Gasteiger partial charge in [-0.05, 0) is 113 Å². The van der Waals surface area contributed by atoms with Gasteiger partial charge in [-0.25, -0.2) is 0 Å². The number of hydrogen-bond acceptors (Lipinski definition) is 10. The zero-order valence-corrected chi connectivity index (χ0v) is 34.9. The molecule has 0 spiro atoms. The lowest BCUT2D eigenvalue weighted by Gasteiger charge is -2.18. The largest absolute Gasteiger partial charge is 0.488 e. The van der Waals surface area contributed by atoms with Gasteiger partial charge in [0, 0.05) is 46.7 Å². The Morgan fingerprint density at radius 3 is 2.32 bits per heavy atom. The maximum Gasteiger partial charge on any atom is 0.306 e. The predicted molar refractivity (Wildman–Crippen MR) is 232 cm³/mol. The number of halogens is 1. The van der Waals surface area contributed by atoms with Gasteiger partial charge in [0.15, 0.2) is 0 Å². The molecule has 2 aromatic heterocycles. The second-order valence-electron chi connectivity index (χ2n) is 14.7. The molecule has 0 unspecified atom stereocenters. The lowest BCUT2D eigenvalue weighted by molar-refractivity contribution is -0.140. The van der Waals surface area contributed by atoms with Gasteiger partial charge in [-0.2, -0.15) is 5.26 Å². The number of aryl methyl sites for hydroxylation is 1. The summed E-state index contributed by atoms with van der Waals surface area (Å²) in [5.41, 5.74) is 9.45. The van der Waals surface area contributed by atoms with Crippen molar-refractivity contribution in [1.29, 1.82) is 5.26 Å². The number of carbonyl (C=O) groups is 2. The molecule has 0 radical (unpaired) electrons. The third kappa shape index (κ3) is 11.5. The second kappa shape index (κ2) is 20.4. The smallest absolute Gasteiger partial charge is 0.306 e. The number of nitrogens with one attached hydrogen (secondary N) is 1. The van der Waals surface area contributed by atoms with Gasteiger partial charge in [0.25, 0.3) is 0 Å². The van der Waals surface area contributed by atoms with Crippen LogP contribution in [0.5, 0.6) is 11.5 Å². The van der Waals surface area contributed by atoms with Crippen LogP contribution in [0.2, 0.25) is 5.02 Å². The normalized spacial score (nSPS) is 12.2. The number of aliphatic carboxylic acids is 2. The number of aliphatic hydroxyl groups excluding tert-OH is 2. The Bertz CT molecular complexity index is 2530. The topological polar surface area (TPSA) is 182 Å². The molecule has 6 aromatic rings. The number of ether oxygens (including phenoxy) is 2. The second-order valence-corrected chi connectivity index (χ2v) is 16.3. The number of nitriles is 1. The van der Waals surface area contributed by atoms with E-state index in [0.29, 0.717) is 53.5 Å². The van der Waals surface area contributed by atoms with Gasteiger partial charge in [0.05, 0.1) is 35.6 Å². The fraction of sp³-hybridized carbons (Fsp3) is 0.277. The first-order valence-corrected chi connectivity index (χ1v) is 20.7. The maximum absolute atomic E-state index is 11.0. The summed E-state index contributed by atoms with van der Waals surface area (Å²) in [4.78, 5) is 27.1. The lowest BCUT2D eigenvalue weighted by atomic mass is 9.89. The molecule has 0 aliphatic carbocycles. The maximum atomic E-state index is 11.0. The highest BCUT2D eigenvalue weighted by Crippen LogP contribution is 2.38. The van der Waals surface area contributed by atoms with Crippen LogP contribution in [0.1, 0.15) is 63.9 Å². The minimum Gasteiger partial charge on any atom is -0.488 e. The molecule has 60 heavy (non-hydrogen) atoms. The van der Waals surface area contributed by atoms with E-state index in [-0.39, 0.29) is 32.6 Å². The molecule has 2 heterocycles. The average molecular weight is 848 g/mol. The van der Waals surface area contributed by atoms with E-state index in [1.165, 1.54) is 6.20 Å². The van der Waals surface area contributed by atoms with Crippen molar-refractivity contribution < 1.29 is 39.5 Å². The van der Waals surface area contributed by atoms with Crippen LogP contribution < -0.4 is 14.8 Å². The van der Waals surface area contributed by atoms with Crippen molar-refractivity contribution in [3.8, 4) is 39.8 Å². The van der Waals surface area contributed by atoms with Crippen molar-refractivity contribution in [2.45, 2.75) is 77.9 Å². The van der Waals surface area contributed by atoms with Crippen LogP contribution in [-0.4, -0.2) is 56.1 Å². The van der Waals surface area contributed by atoms with E-state index in [4.69, 9.17) is 31.3 Å². The monoisotopic (exact) mass is 847 g/mol. The molecular formula is C47H46ClN3O8S. The van der Waals surface area contributed by atoms with Gasteiger partial charge in [0.2, 0.25) is 0 Å². The number of rotatable bonds is 20. The van der Waals surface area contributed by atoms with Crippen LogP contribution in [0.4, 0.5) is 0 Å². The van der Waals surface area contributed by atoms with Crippen molar-refractivity contribution in [3.05, 3.63) is 135 Å². The van der Waals surface area contributed by atoms with Gasteiger partial charge in [-0.1, -0.05) is 54.1 Å². The Hall–Kier alpha value is -5.81. The number of fused-ring (bicyclic) bond motifs is 1. The third-order valence-corrected chi connectivity index (χ3v) is 11.7. The first kappa shape index (κ1) is 43.8. The van der Waals surface area contributed by atoms with Gasteiger partial charge < -0.3 is 35.2 Å². The molecule has 310 valence electrons. The Kier molecular flexibility index (Phi) is 14.9. The quantitative estimate of drug-likeness (QED) is 0.0494. The number of pyridine rings is 1. The van der Waals surface area contributed by atoms with Crippen molar-refractivity contribution in [3.63, 3.8) is 0 Å². The molecule has 0 saturated carbocycles. The van der Waals surface area contributed by atoms with Gasteiger partial charge in [0.1, 0.15) is 30.8 Å². The summed E-state index contributed by atoms with van der Waals surface area (Å²) in [5.74, 6) is -1.14. The summed E-state index contributed by atoms with van der Waals surface area (Å²) in [5, 5.41) is 51.9. The standard InChI is InChI=1S/C47H46ClN3O8S/c1-28-34(27-59-44-20-43(58-26-31-14-30(21-49)22-50-23-31)33(17-42(44)48)6-3-8-36(52)18-46(54)55)7-4-10-40(28)41-11-5-9-39(29(41)2)32-12-13-45-35(15-32)16-38(60-45)25-51-24-37(53)19-47(56)57/h4-5,7,9-17,20,22-23,36-37,51-53H,3,6,8,18-19,24-27H2,1-2H3,(H,54,55)(H,56,57)/t36-,37+/m1/s1. The van der Waals surface area contributed by atoms with Crippen molar-refractivity contribution in [2.24, 2.45) is 0 Å². The van der Waals surface area contributed by atoms with Crippen LogP contribution in [0.25, 0.3) is 32.3 Å². The molecule has 0 fully saturated rings. The van der Waals surface area contributed by atoms with Crippen LogP contribution in [0.3, 0.4) is 0 Å². The summed E-state index contributed by atoms with van der Waals surface area (Å²) >= 11 is 8.46. The average Bonchev–Trinajstić information content (AvgIpc) is 3.62. The Balaban J connectivity index is 1.19. The van der Waals surface area contributed by atoms with E-state index in [2.05, 4.69) is 78.7 Å². The molecule has 0 saturated heterocycles. The predicted octanol–water partition coefficient (Wildman–Crippen LogP) is 9.01. The van der Waals surface area contributed by atoms with Gasteiger partial charge >= 0.3 is 11.9 Å². The Morgan fingerprint density at radius 1 is 0.833 bits per heavy atom. The highest BCUT2D eigenvalue weighted by molar-refractivity contribution is 7.19. The highest BCUT2D eigenvalue weighted by Gasteiger charge is 2.17. The van der Waals surface area contributed by atoms with Crippen molar-refractivity contribution in [1.82, 2.24) is 10.3 Å². The summed E-state index contributed by atoms with van der Waals surface area (Å²) in [6.45, 7) is 5.32. The van der Waals surface area contributed by atoms with E-state index in [9.17, 15) is 25.1 Å². The van der Waals surface area contributed by atoms with E-state index in [1.807, 2.05) is 12.1 Å². The number of benzene rings is 4. The van der Waals surface area contributed by atoms with Crippen LogP contribution in [0, 0.1) is 25.2 Å². The summed E-state index contributed by atoms with van der Waals surface area (Å²) < 4.78 is 13.8. The number of nitrogens with zero attached hydrogens (tertiary/aromatic N) is 2. The first-order chi connectivity index (χ1) is 28.9. The molecule has 11 nitrogen and oxygen atoms in total. The molecule has 4 aromatic carbocycles. The fourth-order valence-electron chi connectivity index (χ4n) is 7.15. The molecule has 0 aliphatic rings. The van der Waals surface area contributed by atoms with Gasteiger partial charge in [-0.3, -0.25) is 14.6 Å². The van der Waals surface area contributed by atoms with Crippen LogP contribution in [0.15, 0.2) is 91.3 Å². The van der Waals surface area contributed by atoms with Crippen LogP contribution >= 0.6 is 22.9 Å². The highest BCUT2D eigenvalue weighted by atomic mass is 35.5. The lowest BCUT2D eigenvalue weighted by Crippen LogP contribution is -2.28.